The summed E-state index contributed by atoms with van der Waals surface area (Å²) in [6.07, 6.45) is -8.53. The molecule has 22 heavy (non-hydrogen) atoms. The predicted octanol–water partition coefficient (Wildman–Crippen LogP) is 5.12. The molecule has 2 aliphatic carbocycles. The lowest BCUT2D eigenvalue weighted by Crippen LogP contribution is -2.38. The maximum atomic E-state index is 12.7. The fraction of sp³-hybridized carbons (Fsp3) is 0.867. The molecule has 2 rings (SSSR count). The van der Waals surface area contributed by atoms with Gasteiger partial charge < -0.3 is 4.74 Å². The number of fused-ring (bicyclic) bond motifs is 2. The van der Waals surface area contributed by atoms with Gasteiger partial charge >= 0.3 is 12.4 Å². The van der Waals surface area contributed by atoms with Gasteiger partial charge in [-0.25, -0.2) is 0 Å². The number of halogens is 6. The van der Waals surface area contributed by atoms with Crippen LogP contribution in [0.4, 0.5) is 26.3 Å². The van der Waals surface area contributed by atoms with Crippen LogP contribution in [-0.4, -0.2) is 25.1 Å². The van der Waals surface area contributed by atoms with Crippen LogP contribution in [0.1, 0.15) is 33.1 Å². The minimum absolute atomic E-state index is 0.0682. The van der Waals surface area contributed by atoms with Crippen LogP contribution in [0.15, 0.2) is 11.6 Å². The van der Waals surface area contributed by atoms with Crippen LogP contribution in [0, 0.1) is 23.7 Å². The Balaban J connectivity index is 2.05. The summed E-state index contributed by atoms with van der Waals surface area (Å²) >= 11 is 0. The van der Waals surface area contributed by atoms with Crippen molar-refractivity contribution in [2.24, 2.45) is 23.7 Å². The summed E-state index contributed by atoms with van der Waals surface area (Å²) in [6.45, 7) is 4.26. The molecule has 1 nitrogen and oxygen atoms in total. The smallest absolute Gasteiger partial charge is 0.374 e. The molecule has 0 saturated heterocycles. The van der Waals surface area contributed by atoms with E-state index in [-0.39, 0.29) is 17.9 Å². The zero-order valence-corrected chi connectivity index (χ0v) is 12.5. The Kier molecular flexibility index (Phi) is 4.85. The third-order valence-corrected chi connectivity index (χ3v) is 4.84. The summed E-state index contributed by atoms with van der Waals surface area (Å²) < 4.78 is 81.4. The maximum absolute atomic E-state index is 12.7. The van der Waals surface area contributed by atoms with Crippen LogP contribution in [-0.2, 0) is 4.74 Å². The molecule has 0 spiro atoms. The normalized spacial score (nSPS) is 30.0. The Morgan fingerprint density at radius 3 is 2.14 bits per heavy atom. The van der Waals surface area contributed by atoms with E-state index in [2.05, 4.69) is 0 Å². The van der Waals surface area contributed by atoms with Gasteiger partial charge in [0.05, 0.1) is 6.10 Å². The van der Waals surface area contributed by atoms with Crippen molar-refractivity contribution in [1.29, 1.82) is 0 Å². The van der Waals surface area contributed by atoms with Gasteiger partial charge in [0, 0.05) is 6.61 Å². The zero-order chi connectivity index (χ0) is 16.7. The molecule has 7 heteroatoms. The number of hydrogen-bond acceptors (Lipinski definition) is 1. The van der Waals surface area contributed by atoms with Crippen LogP contribution in [0.2, 0.25) is 0 Å². The van der Waals surface area contributed by atoms with Gasteiger partial charge in [0.25, 0.3) is 0 Å². The van der Waals surface area contributed by atoms with Gasteiger partial charge in [-0.15, -0.1) is 0 Å². The third-order valence-electron chi connectivity index (χ3n) is 4.84. The molecule has 0 aromatic rings. The van der Waals surface area contributed by atoms with Crippen molar-refractivity contribution in [3.8, 4) is 0 Å². The van der Waals surface area contributed by atoms with E-state index in [0.29, 0.717) is 19.4 Å². The van der Waals surface area contributed by atoms with Crippen molar-refractivity contribution in [2.45, 2.75) is 51.6 Å². The van der Waals surface area contributed by atoms with E-state index in [9.17, 15) is 26.3 Å². The van der Waals surface area contributed by atoms with E-state index >= 15 is 0 Å². The Morgan fingerprint density at radius 2 is 1.73 bits per heavy atom. The van der Waals surface area contributed by atoms with E-state index < -0.39 is 30.6 Å². The van der Waals surface area contributed by atoms with Gasteiger partial charge in [0.15, 0.2) is 5.92 Å². The van der Waals surface area contributed by atoms with Crippen LogP contribution >= 0.6 is 0 Å². The fourth-order valence-corrected chi connectivity index (χ4v) is 3.86. The molecule has 128 valence electrons. The highest BCUT2D eigenvalue weighted by atomic mass is 19.4. The Labute approximate surface area is 125 Å². The van der Waals surface area contributed by atoms with Crippen LogP contribution in [0.25, 0.3) is 0 Å². The van der Waals surface area contributed by atoms with Crippen molar-refractivity contribution in [3.63, 3.8) is 0 Å². The molecule has 0 aromatic carbocycles. The first-order valence-corrected chi connectivity index (χ1v) is 7.50. The summed E-state index contributed by atoms with van der Waals surface area (Å²) in [5, 5.41) is 0. The van der Waals surface area contributed by atoms with Crippen molar-refractivity contribution < 1.29 is 31.1 Å². The molecule has 1 fully saturated rings. The van der Waals surface area contributed by atoms with Crippen molar-refractivity contribution in [3.05, 3.63) is 11.6 Å². The number of allylic oxidation sites excluding steroid dienone is 1. The molecule has 0 aromatic heterocycles. The largest absolute Gasteiger partial charge is 0.400 e. The highest BCUT2D eigenvalue weighted by Crippen LogP contribution is 2.54. The second-order valence-corrected chi connectivity index (χ2v) is 6.23. The summed E-state index contributed by atoms with van der Waals surface area (Å²) in [6, 6.07) is 0. The molecule has 0 aliphatic heterocycles. The quantitative estimate of drug-likeness (QED) is 0.502. The molecular weight excluding hydrogens is 310 g/mol. The van der Waals surface area contributed by atoms with Crippen LogP contribution < -0.4 is 0 Å². The summed E-state index contributed by atoms with van der Waals surface area (Å²) in [5.74, 6) is -3.88. The molecule has 0 heterocycles. The third kappa shape index (κ3) is 3.60. The van der Waals surface area contributed by atoms with Gasteiger partial charge in [0.1, 0.15) is 0 Å². The minimum Gasteiger partial charge on any atom is -0.374 e. The standard InChI is InChI=1S/C15H20F6O/c1-3-22-8(2)12-6-9-4-11(12)5-10(9)7-13(14(16,17)18)15(19,20)21/h6,8-11,13H,3-5,7H2,1-2H3. The molecule has 1 saturated carbocycles. The Hall–Kier alpha value is -0.720. The highest BCUT2D eigenvalue weighted by molar-refractivity contribution is 5.24. The highest BCUT2D eigenvalue weighted by Gasteiger charge is 2.58. The van der Waals surface area contributed by atoms with E-state index in [1.165, 1.54) is 0 Å². The molecule has 0 radical (unpaired) electrons. The van der Waals surface area contributed by atoms with E-state index in [1.807, 2.05) is 19.9 Å². The predicted molar refractivity (Wildman–Crippen MR) is 69.1 cm³/mol. The molecule has 0 amide bonds. The average molecular weight is 330 g/mol. The zero-order valence-electron chi connectivity index (χ0n) is 12.5. The van der Waals surface area contributed by atoms with Crippen molar-refractivity contribution in [2.75, 3.05) is 6.61 Å². The molecular formula is C15H20F6O. The maximum Gasteiger partial charge on any atom is 0.400 e. The first kappa shape index (κ1) is 17.6. The summed E-state index contributed by atoms with van der Waals surface area (Å²) in [7, 11) is 0. The second-order valence-electron chi connectivity index (χ2n) is 6.23. The van der Waals surface area contributed by atoms with Gasteiger partial charge in [-0.3, -0.25) is 0 Å². The van der Waals surface area contributed by atoms with Gasteiger partial charge in [-0.05, 0) is 56.4 Å². The molecule has 2 aliphatic rings. The first-order valence-electron chi connectivity index (χ1n) is 7.50. The van der Waals surface area contributed by atoms with Crippen LogP contribution in [0.3, 0.4) is 0 Å². The number of alkyl halides is 6. The van der Waals surface area contributed by atoms with Crippen molar-refractivity contribution >= 4 is 0 Å². The first-order chi connectivity index (χ1) is 10.0. The lowest BCUT2D eigenvalue weighted by Gasteiger charge is -2.29. The monoisotopic (exact) mass is 330 g/mol. The van der Waals surface area contributed by atoms with E-state index in [1.54, 1.807) is 0 Å². The average Bonchev–Trinajstić information content (AvgIpc) is 2.92. The molecule has 4 unspecified atom stereocenters. The summed E-state index contributed by atoms with van der Waals surface area (Å²) in [4.78, 5) is 0. The summed E-state index contributed by atoms with van der Waals surface area (Å²) in [5.41, 5.74) is 1.04. The number of hydrogen-bond donors (Lipinski definition) is 0. The van der Waals surface area contributed by atoms with E-state index in [0.717, 1.165) is 5.57 Å². The number of ether oxygens (including phenoxy) is 1. The molecule has 0 N–H and O–H groups in total. The Morgan fingerprint density at radius 1 is 1.14 bits per heavy atom. The van der Waals surface area contributed by atoms with Gasteiger partial charge in [0.2, 0.25) is 0 Å². The molecule has 2 bridgehead atoms. The fourth-order valence-electron chi connectivity index (χ4n) is 3.86. The number of rotatable bonds is 5. The van der Waals surface area contributed by atoms with Gasteiger partial charge in [-0.1, -0.05) is 6.08 Å². The lowest BCUT2D eigenvalue weighted by atomic mass is 9.81. The topological polar surface area (TPSA) is 9.23 Å². The van der Waals surface area contributed by atoms with Crippen LogP contribution in [0.5, 0.6) is 0 Å². The lowest BCUT2D eigenvalue weighted by molar-refractivity contribution is -0.288. The minimum atomic E-state index is -5.23. The SMILES string of the molecule is CCOC(C)C1=CC2CC1CC2CC(C(F)(F)F)C(F)(F)F. The van der Waals surface area contributed by atoms with Gasteiger partial charge in [-0.2, -0.15) is 26.3 Å². The molecule has 4 atom stereocenters. The second kappa shape index (κ2) is 6.06. The van der Waals surface area contributed by atoms with Crippen molar-refractivity contribution in [1.82, 2.24) is 0 Å². The van der Waals surface area contributed by atoms with E-state index in [4.69, 9.17) is 4.74 Å². The Bertz CT molecular complexity index is 411.